The smallest absolute Gasteiger partial charge is 0.307 e. The molecule has 0 aliphatic heterocycles. The minimum atomic E-state index is -0.460. The van der Waals surface area contributed by atoms with Gasteiger partial charge in [-0.05, 0) is 71.7 Å². The number of amides is 2. The summed E-state index contributed by atoms with van der Waals surface area (Å²) < 4.78 is 10.9. The van der Waals surface area contributed by atoms with E-state index in [1.807, 2.05) is 6.07 Å². The van der Waals surface area contributed by atoms with Crippen LogP contribution in [0.2, 0.25) is 0 Å². The number of hydrogen-bond donors (Lipinski definition) is 2. The van der Waals surface area contributed by atoms with Crippen LogP contribution in [0.4, 0.5) is 5.69 Å². The topological polar surface area (TPSA) is 96.8 Å². The number of carbonyl (C=O) groups excluding carboxylic acids is 2. The van der Waals surface area contributed by atoms with E-state index < -0.39 is 5.91 Å². The first-order chi connectivity index (χ1) is 12.9. The molecule has 0 aliphatic rings. The molecule has 138 valence electrons. The zero-order valence-corrected chi connectivity index (χ0v) is 16.2. The standard InChI is InChI=1S/C19H16BrN3O4/c1-11-6-7-15(26-11)18(24)21-14-5-3-4-13(10-14)12(2)22-23-19(25)16-8-9-17(20)27-16/h3-10H,1-2H3,(H,21,24)(H,23,25)/b22-12+. The second kappa shape index (κ2) is 8.05. The molecule has 0 saturated heterocycles. The average molecular weight is 430 g/mol. The van der Waals surface area contributed by atoms with Gasteiger partial charge in [0.1, 0.15) is 5.76 Å². The van der Waals surface area contributed by atoms with Crippen molar-refractivity contribution in [1.29, 1.82) is 0 Å². The van der Waals surface area contributed by atoms with Gasteiger partial charge in [0, 0.05) is 5.69 Å². The van der Waals surface area contributed by atoms with Crippen molar-refractivity contribution >= 4 is 39.1 Å². The lowest BCUT2D eigenvalue weighted by molar-refractivity contribution is 0.0925. The van der Waals surface area contributed by atoms with Crippen LogP contribution in [-0.2, 0) is 0 Å². The van der Waals surface area contributed by atoms with E-state index in [0.717, 1.165) is 5.56 Å². The van der Waals surface area contributed by atoms with Crippen LogP contribution in [0.15, 0.2) is 67.1 Å². The molecule has 0 spiro atoms. The number of carbonyl (C=O) groups is 2. The number of aryl methyl sites for hydroxylation is 1. The lowest BCUT2D eigenvalue weighted by Gasteiger charge is -2.06. The summed E-state index contributed by atoms with van der Waals surface area (Å²) in [6.07, 6.45) is 0. The predicted molar refractivity (Wildman–Crippen MR) is 104 cm³/mol. The highest BCUT2D eigenvalue weighted by Crippen LogP contribution is 2.15. The number of nitrogens with one attached hydrogen (secondary N) is 2. The van der Waals surface area contributed by atoms with Crippen LogP contribution in [0.5, 0.6) is 0 Å². The summed E-state index contributed by atoms with van der Waals surface area (Å²) in [5.74, 6) is 0.244. The minimum absolute atomic E-state index is 0.146. The molecule has 2 heterocycles. The fourth-order valence-corrected chi connectivity index (χ4v) is 2.57. The van der Waals surface area contributed by atoms with Crippen LogP contribution in [0, 0.1) is 6.92 Å². The molecule has 3 rings (SSSR count). The van der Waals surface area contributed by atoms with Gasteiger partial charge in [0.25, 0.3) is 5.91 Å². The van der Waals surface area contributed by atoms with Gasteiger partial charge in [-0.15, -0.1) is 0 Å². The highest BCUT2D eigenvalue weighted by molar-refractivity contribution is 9.10. The Kier molecular flexibility index (Phi) is 5.56. The molecule has 0 unspecified atom stereocenters. The number of halogens is 1. The first-order valence-electron chi connectivity index (χ1n) is 8.00. The zero-order chi connectivity index (χ0) is 19.4. The zero-order valence-electron chi connectivity index (χ0n) is 14.6. The van der Waals surface area contributed by atoms with Crippen molar-refractivity contribution in [2.45, 2.75) is 13.8 Å². The highest BCUT2D eigenvalue weighted by Gasteiger charge is 2.12. The Morgan fingerprint density at radius 2 is 1.74 bits per heavy atom. The number of hydrogen-bond acceptors (Lipinski definition) is 5. The molecule has 0 saturated carbocycles. The van der Waals surface area contributed by atoms with Crippen molar-refractivity contribution in [2.24, 2.45) is 5.10 Å². The third-order valence-electron chi connectivity index (χ3n) is 3.62. The van der Waals surface area contributed by atoms with Gasteiger partial charge in [-0.25, -0.2) is 5.43 Å². The Morgan fingerprint density at radius 1 is 1.00 bits per heavy atom. The van der Waals surface area contributed by atoms with Gasteiger partial charge in [-0.1, -0.05) is 12.1 Å². The van der Waals surface area contributed by atoms with Crippen molar-refractivity contribution in [3.8, 4) is 0 Å². The second-order valence-corrected chi connectivity index (χ2v) is 6.47. The number of rotatable bonds is 5. The molecular weight excluding hydrogens is 414 g/mol. The molecule has 0 fully saturated rings. The highest BCUT2D eigenvalue weighted by atomic mass is 79.9. The number of nitrogens with zero attached hydrogens (tertiary/aromatic N) is 1. The number of hydrazone groups is 1. The maximum absolute atomic E-state index is 12.2. The molecule has 0 aliphatic carbocycles. The van der Waals surface area contributed by atoms with Crippen LogP contribution in [-0.4, -0.2) is 17.5 Å². The summed E-state index contributed by atoms with van der Waals surface area (Å²) in [5.41, 5.74) is 4.33. The van der Waals surface area contributed by atoms with Crippen molar-refractivity contribution in [2.75, 3.05) is 5.32 Å². The molecule has 7 nitrogen and oxygen atoms in total. The van der Waals surface area contributed by atoms with Crippen LogP contribution < -0.4 is 10.7 Å². The summed E-state index contributed by atoms with van der Waals surface area (Å²) in [5, 5.41) is 6.84. The van der Waals surface area contributed by atoms with Gasteiger partial charge in [0.15, 0.2) is 16.2 Å². The SMILES string of the molecule is C/C(=N\NC(=O)c1ccc(Br)o1)c1cccc(NC(=O)c2ccc(C)o2)c1. The molecule has 2 aromatic heterocycles. The van der Waals surface area contributed by atoms with E-state index in [1.54, 1.807) is 50.2 Å². The maximum atomic E-state index is 12.2. The van der Waals surface area contributed by atoms with Crippen LogP contribution >= 0.6 is 15.9 Å². The minimum Gasteiger partial charge on any atom is -0.456 e. The van der Waals surface area contributed by atoms with E-state index in [9.17, 15) is 9.59 Å². The van der Waals surface area contributed by atoms with Gasteiger partial charge in [0.05, 0.1) is 5.71 Å². The largest absolute Gasteiger partial charge is 0.456 e. The van der Waals surface area contributed by atoms with Gasteiger partial charge in [-0.3, -0.25) is 9.59 Å². The van der Waals surface area contributed by atoms with Gasteiger partial charge in [-0.2, -0.15) is 5.10 Å². The molecule has 1 aromatic carbocycles. The molecule has 8 heteroatoms. The van der Waals surface area contributed by atoms with Crippen molar-refractivity contribution in [1.82, 2.24) is 5.43 Å². The van der Waals surface area contributed by atoms with Crippen LogP contribution in [0.1, 0.15) is 39.4 Å². The molecule has 2 N–H and O–H groups in total. The first-order valence-corrected chi connectivity index (χ1v) is 8.80. The van der Waals surface area contributed by atoms with Gasteiger partial charge in [0.2, 0.25) is 0 Å². The van der Waals surface area contributed by atoms with Gasteiger partial charge < -0.3 is 14.2 Å². The molecule has 0 radical (unpaired) electrons. The number of benzene rings is 1. The Balaban J connectivity index is 1.68. The molecular formula is C19H16BrN3O4. The van der Waals surface area contributed by atoms with E-state index >= 15 is 0 Å². The van der Waals surface area contributed by atoms with Gasteiger partial charge >= 0.3 is 5.91 Å². The van der Waals surface area contributed by atoms with Crippen LogP contribution in [0.3, 0.4) is 0 Å². The van der Waals surface area contributed by atoms with Crippen molar-refractivity contribution < 1.29 is 18.4 Å². The second-order valence-electron chi connectivity index (χ2n) is 5.69. The predicted octanol–water partition coefficient (Wildman–Crippen LogP) is 4.35. The molecule has 2 amide bonds. The van der Waals surface area contributed by atoms with E-state index in [-0.39, 0.29) is 17.4 Å². The molecule has 3 aromatic rings. The normalized spacial score (nSPS) is 11.3. The number of furan rings is 2. The van der Waals surface area contributed by atoms with E-state index in [1.165, 1.54) is 6.07 Å². The summed E-state index contributed by atoms with van der Waals surface area (Å²) in [6, 6.07) is 13.6. The van der Waals surface area contributed by atoms with E-state index in [4.69, 9.17) is 8.83 Å². The Bertz CT molecular complexity index is 1020. The Hall–Kier alpha value is -3.13. The quantitative estimate of drug-likeness (QED) is 0.465. The Morgan fingerprint density at radius 3 is 2.41 bits per heavy atom. The Labute approximate surface area is 163 Å². The third kappa shape index (κ3) is 4.73. The number of anilines is 1. The average Bonchev–Trinajstić information content (AvgIpc) is 3.28. The fourth-order valence-electron chi connectivity index (χ4n) is 2.26. The fraction of sp³-hybridized carbons (Fsp3) is 0.105. The summed E-state index contributed by atoms with van der Waals surface area (Å²) in [4.78, 5) is 24.1. The molecule has 27 heavy (non-hydrogen) atoms. The first kappa shape index (κ1) is 18.7. The lowest BCUT2D eigenvalue weighted by Crippen LogP contribution is -2.18. The van der Waals surface area contributed by atoms with Crippen molar-refractivity contribution in [3.63, 3.8) is 0 Å². The van der Waals surface area contributed by atoms with E-state index in [0.29, 0.717) is 21.8 Å². The van der Waals surface area contributed by atoms with E-state index in [2.05, 4.69) is 31.8 Å². The van der Waals surface area contributed by atoms with Crippen molar-refractivity contribution in [3.05, 3.63) is 76.0 Å². The molecule has 0 bridgehead atoms. The third-order valence-corrected chi connectivity index (χ3v) is 4.05. The van der Waals surface area contributed by atoms with Crippen LogP contribution in [0.25, 0.3) is 0 Å². The monoisotopic (exact) mass is 429 g/mol. The summed E-state index contributed by atoms with van der Waals surface area (Å²) in [7, 11) is 0. The lowest BCUT2D eigenvalue weighted by atomic mass is 10.1. The summed E-state index contributed by atoms with van der Waals surface area (Å²) >= 11 is 3.14. The maximum Gasteiger partial charge on any atom is 0.307 e. The summed E-state index contributed by atoms with van der Waals surface area (Å²) in [6.45, 7) is 3.52. The molecule has 0 atom stereocenters.